The first-order valence-electron chi connectivity index (χ1n) is 6.28. The first-order chi connectivity index (χ1) is 10.4. The number of hydrogen-bond donors (Lipinski definition) is 1. The molecule has 0 saturated heterocycles. The average molecular weight is 366 g/mol. The van der Waals surface area contributed by atoms with E-state index in [9.17, 15) is 19.7 Å². The number of rotatable bonds is 4. The predicted octanol–water partition coefficient (Wildman–Crippen LogP) is 2.47. The van der Waals surface area contributed by atoms with Crippen LogP contribution in [-0.4, -0.2) is 15.4 Å². The minimum Gasteiger partial charge on any atom is -0.324 e. The second kappa shape index (κ2) is 6.52. The van der Waals surface area contributed by atoms with Gasteiger partial charge >= 0.3 is 0 Å². The SMILES string of the molecule is Cc1c(NC(=O)Cn2cc(Br)ccc2=O)cccc1[N+](=O)[O-]. The van der Waals surface area contributed by atoms with E-state index in [2.05, 4.69) is 21.2 Å². The van der Waals surface area contributed by atoms with Crippen LogP contribution < -0.4 is 10.9 Å². The van der Waals surface area contributed by atoms with Gasteiger partial charge in [0.15, 0.2) is 0 Å². The standard InChI is InChI=1S/C14H12BrN3O4/c1-9-11(3-2-4-12(9)18(21)22)16-13(19)8-17-7-10(15)5-6-14(17)20/h2-7H,8H2,1H3,(H,16,19). The Balaban J connectivity index is 2.19. The second-order valence-electron chi connectivity index (χ2n) is 4.57. The maximum absolute atomic E-state index is 12.0. The Morgan fingerprint density at radius 3 is 2.77 bits per heavy atom. The molecule has 0 unspecified atom stereocenters. The summed E-state index contributed by atoms with van der Waals surface area (Å²) >= 11 is 3.22. The van der Waals surface area contributed by atoms with E-state index in [1.54, 1.807) is 19.1 Å². The predicted molar refractivity (Wildman–Crippen MR) is 84.9 cm³/mol. The summed E-state index contributed by atoms with van der Waals surface area (Å²) in [6, 6.07) is 7.36. The smallest absolute Gasteiger partial charge is 0.274 e. The third kappa shape index (κ3) is 3.59. The minimum absolute atomic E-state index is 0.0718. The zero-order chi connectivity index (χ0) is 16.3. The van der Waals surface area contributed by atoms with E-state index in [1.807, 2.05) is 0 Å². The van der Waals surface area contributed by atoms with Crippen LogP contribution in [0.4, 0.5) is 11.4 Å². The molecule has 0 aliphatic heterocycles. The number of amides is 1. The van der Waals surface area contributed by atoms with Crippen molar-refractivity contribution in [1.29, 1.82) is 0 Å². The number of nitro benzene ring substituents is 1. The molecule has 8 heteroatoms. The highest BCUT2D eigenvalue weighted by Crippen LogP contribution is 2.24. The molecule has 0 aliphatic carbocycles. The molecule has 22 heavy (non-hydrogen) atoms. The highest BCUT2D eigenvalue weighted by molar-refractivity contribution is 9.10. The maximum Gasteiger partial charge on any atom is 0.274 e. The summed E-state index contributed by atoms with van der Waals surface area (Å²) in [5, 5.41) is 13.5. The lowest BCUT2D eigenvalue weighted by molar-refractivity contribution is -0.385. The van der Waals surface area contributed by atoms with Crippen molar-refractivity contribution >= 4 is 33.2 Å². The quantitative estimate of drug-likeness (QED) is 0.664. The first kappa shape index (κ1) is 15.9. The van der Waals surface area contributed by atoms with Crippen LogP contribution in [-0.2, 0) is 11.3 Å². The topological polar surface area (TPSA) is 94.2 Å². The molecule has 0 fully saturated rings. The third-order valence-electron chi connectivity index (χ3n) is 3.04. The molecule has 7 nitrogen and oxygen atoms in total. The Morgan fingerprint density at radius 2 is 2.09 bits per heavy atom. The summed E-state index contributed by atoms with van der Waals surface area (Å²) in [4.78, 5) is 34.0. The van der Waals surface area contributed by atoms with Gasteiger partial charge < -0.3 is 9.88 Å². The van der Waals surface area contributed by atoms with E-state index in [0.29, 0.717) is 15.7 Å². The van der Waals surface area contributed by atoms with Crippen LogP contribution in [0, 0.1) is 17.0 Å². The van der Waals surface area contributed by atoms with E-state index in [-0.39, 0.29) is 17.8 Å². The summed E-state index contributed by atoms with van der Waals surface area (Å²) in [6.07, 6.45) is 1.50. The number of hydrogen-bond acceptors (Lipinski definition) is 4. The number of halogens is 1. The average Bonchev–Trinajstić information content (AvgIpc) is 2.45. The highest BCUT2D eigenvalue weighted by Gasteiger charge is 2.15. The molecule has 1 heterocycles. The molecule has 2 aromatic rings. The molecular weight excluding hydrogens is 354 g/mol. The fourth-order valence-electron chi connectivity index (χ4n) is 1.93. The van der Waals surface area contributed by atoms with Gasteiger partial charge in [-0.05, 0) is 35.0 Å². The number of aromatic nitrogens is 1. The van der Waals surface area contributed by atoms with Crippen LogP contribution in [0.5, 0.6) is 0 Å². The van der Waals surface area contributed by atoms with Crippen molar-refractivity contribution in [3.63, 3.8) is 0 Å². The Kier molecular flexibility index (Phi) is 4.71. The van der Waals surface area contributed by atoms with Gasteiger partial charge in [0.05, 0.1) is 16.2 Å². The molecule has 2 rings (SSSR count). The van der Waals surface area contributed by atoms with Crippen LogP contribution >= 0.6 is 15.9 Å². The highest BCUT2D eigenvalue weighted by atomic mass is 79.9. The zero-order valence-corrected chi connectivity index (χ0v) is 13.2. The molecule has 0 saturated carbocycles. The van der Waals surface area contributed by atoms with Gasteiger partial charge in [-0.25, -0.2) is 0 Å². The van der Waals surface area contributed by atoms with E-state index in [4.69, 9.17) is 0 Å². The molecule has 0 atom stereocenters. The van der Waals surface area contributed by atoms with Gasteiger partial charge in [0.1, 0.15) is 6.54 Å². The van der Waals surface area contributed by atoms with Crippen LogP contribution in [0.1, 0.15) is 5.56 Å². The van der Waals surface area contributed by atoms with Crippen LogP contribution in [0.2, 0.25) is 0 Å². The summed E-state index contributed by atoms with van der Waals surface area (Å²) in [5.74, 6) is -0.441. The molecule has 0 bridgehead atoms. The Bertz CT molecular complexity index is 801. The van der Waals surface area contributed by atoms with Gasteiger partial charge in [0.2, 0.25) is 5.91 Å². The second-order valence-corrected chi connectivity index (χ2v) is 5.48. The van der Waals surface area contributed by atoms with E-state index < -0.39 is 10.8 Å². The van der Waals surface area contributed by atoms with Gasteiger partial charge in [-0.15, -0.1) is 0 Å². The van der Waals surface area contributed by atoms with Crippen molar-refractivity contribution in [2.24, 2.45) is 0 Å². The number of carbonyl (C=O) groups excluding carboxylic acids is 1. The summed E-state index contributed by atoms with van der Waals surface area (Å²) in [7, 11) is 0. The van der Waals surface area contributed by atoms with Crippen molar-refractivity contribution in [2.75, 3.05) is 5.32 Å². The molecule has 1 aromatic heterocycles. The normalized spacial score (nSPS) is 10.3. The van der Waals surface area contributed by atoms with E-state index >= 15 is 0 Å². The third-order valence-corrected chi connectivity index (χ3v) is 3.51. The monoisotopic (exact) mass is 365 g/mol. The van der Waals surface area contributed by atoms with Crippen molar-refractivity contribution in [2.45, 2.75) is 13.5 Å². The zero-order valence-electron chi connectivity index (χ0n) is 11.6. The summed E-state index contributed by atoms with van der Waals surface area (Å²) < 4.78 is 1.91. The van der Waals surface area contributed by atoms with Crippen molar-refractivity contribution in [1.82, 2.24) is 4.57 Å². The molecule has 0 aliphatic rings. The fourth-order valence-corrected chi connectivity index (χ4v) is 2.31. The molecule has 1 aromatic carbocycles. The Labute approximate surface area is 133 Å². The van der Waals surface area contributed by atoms with Gasteiger partial charge in [-0.3, -0.25) is 19.7 Å². The molecule has 114 valence electrons. The maximum atomic E-state index is 12.0. The van der Waals surface area contributed by atoms with Gasteiger partial charge in [0, 0.05) is 22.8 Å². The van der Waals surface area contributed by atoms with Gasteiger partial charge in [-0.1, -0.05) is 6.07 Å². The lowest BCUT2D eigenvalue weighted by Gasteiger charge is -2.10. The lowest BCUT2D eigenvalue weighted by atomic mass is 10.1. The van der Waals surface area contributed by atoms with Crippen molar-refractivity contribution in [3.05, 3.63) is 67.0 Å². The first-order valence-corrected chi connectivity index (χ1v) is 7.07. The van der Waals surface area contributed by atoms with Crippen molar-refractivity contribution in [3.8, 4) is 0 Å². The van der Waals surface area contributed by atoms with Crippen LogP contribution in [0.3, 0.4) is 0 Å². The number of benzene rings is 1. The minimum atomic E-state index is -0.510. The molecular formula is C14H12BrN3O4. The summed E-state index contributed by atoms with van der Waals surface area (Å²) in [5.41, 5.74) is 0.330. The van der Waals surface area contributed by atoms with Crippen LogP contribution in [0.25, 0.3) is 0 Å². The van der Waals surface area contributed by atoms with Gasteiger partial charge in [0.25, 0.3) is 11.2 Å². The fraction of sp³-hybridized carbons (Fsp3) is 0.143. The number of carbonyl (C=O) groups is 1. The number of nitrogens with one attached hydrogen (secondary N) is 1. The Hall–Kier alpha value is -2.48. The Morgan fingerprint density at radius 1 is 1.36 bits per heavy atom. The summed E-state index contributed by atoms with van der Waals surface area (Å²) in [6.45, 7) is 1.37. The van der Waals surface area contributed by atoms with E-state index in [1.165, 1.54) is 29.0 Å². The number of anilines is 1. The van der Waals surface area contributed by atoms with Crippen LogP contribution in [0.15, 0.2) is 45.8 Å². The molecule has 1 N–H and O–H groups in total. The number of nitrogens with zero attached hydrogens (tertiary/aromatic N) is 2. The number of nitro groups is 1. The van der Waals surface area contributed by atoms with Crippen molar-refractivity contribution < 1.29 is 9.72 Å². The lowest BCUT2D eigenvalue weighted by Crippen LogP contribution is -2.26. The van der Waals surface area contributed by atoms with E-state index in [0.717, 1.165) is 0 Å². The van der Waals surface area contributed by atoms with Gasteiger partial charge in [-0.2, -0.15) is 0 Å². The molecule has 0 spiro atoms. The number of pyridine rings is 1. The molecule has 1 amide bonds. The largest absolute Gasteiger partial charge is 0.324 e. The molecule has 0 radical (unpaired) electrons.